The number of ether oxygens (including phenoxy) is 1. The number of halogens is 2. The molecule has 0 aliphatic heterocycles. The zero-order valence-electron chi connectivity index (χ0n) is 28.4. The highest BCUT2D eigenvalue weighted by molar-refractivity contribution is 7.97. The first-order valence-corrected chi connectivity index (χ1v) is 17.8. The van der Waals surface area contributed by atoms with Crippen molar-refractivity contribution >= 4 is 58.7 Å². The van der Waals surface area contributed by atoms with E-state index in [1.54, 1.807) is 36.2 Å². The van der Waals surface area contributed by atoms with E-state index in [0.717, 1.165) is 39.1 Å². The lowest BCUT2D eigenvalue weighted by Gasteiger charge is -2.21. The summed E-state index contributed by atoms with van der Waals surface area (Å²) in [6, 6.07) is 9.35. The molecule has 256 valence electrons. The van der Waals surface area contributed by atoms with Crippen LogP contribution in [0.15, 0.2) is 42.6 Å². The maximum atomic E-state index is 14.3. The Balaban J connectivity index is 0.000000827. The van der Waals surface area contributed by atoms with Gasteiger partial charge in [0.2, 0.25) is 5.91 Å². The minimum atomic E-state index is -0.448. The van der Waals surface area contributed by atoms with Crippen LogP contribution in [0.3, 0.4) is 0 Å². The first-order chi connectivity index (χ1) is 21.9. The summed E-state index contributed by atoms with van der Waals surface area (Å²) in [5.41, 5.74) is 1.82. The molecule has 0 unspecified atom stereocenters. The van der Waals surface area contributed by atoms with Gasteiger partial charge in [0.1, 0.15) is 16.3 Å². The van der Waals surface area contributed by atoms with Gasteiger partial charge in [-0.3, -0.25) is 9.89 Å². The number of amides is 1. The molecule has 0 saturated heterocycles. The van der Waals surface area contributed by atoms with E-state index in [2.05, 4.69) is 70.7 Å². The van der Waals surface area contributed by atoms with E-state index in [-0.39, 0.29) is 17.1 Å². The summed E-state index contributed by atoms with van der Waals surface area (Å²) >= 11 is 13.1. The quantitative estimate of drug-likeness (QED) is 0.124. The summed E-state index contributed by atoms with van der Waals surface area (Å²) in [4.78, 5) is 19.0. The Morgan fingerprint density at radius 3 is 2.43 bits per heavy atom. The van der Waals surface area contributed by atoms with Crippen LogP contribution in [0.1, 0.15) is 53.9 Å². The Bertz CT molecular complexity index is 1370. The summed E-state index contributed by atoms with van der Waals surface area (Å²) in [7, 11) is 1.92. The van der Waals surface area contributed by atoms with E-state index in [1.165, 1.54) is 18.2 Å². The van der Waals surface area contributed by atoms with Gasteiger partial charge < -0.3 is 25.6 Å². The number of rotatable bonds is 14. The molecule has 3 rings (SSSR count). The number of pyridine rings is 1. The zero-order valence-corrected chi connectivity index (χ0v) is 30.8. The van der Waals surface area contributed by atoms with Gasteiger partial charge in [-0.15, -0.1) is 0 Å². The number of thioether (sulfide) groups is 1. The zero-order chi connectivity index (χ0) is 34.5. The molecule has 2 heterocycles. The fourth-order valence-corrected chi connectivity index (χ4v) is 4.19. The third-order valence-electron chi connectivity index (χ3n) is 5.93. The fraction of sp³-hybridized carbons (Fsp3) is 0.515. The molecule has 0 aliphatic carbocycles. The number of H-pyrrole nitrogens is 1. The molecule has 0 saturated carbocycles. The number of aromatic amines is 1. The van der Waals surface area contributed by atoms with Gasteiger partial charge in [-0.25, -0.2) is 9.37 Å². The van der Waals surface area contributed by atoms with E-state index < -0.39 is 5.82 Å². The third kappa shape index (κ3) is 17.3. The molecule has 3 aromatic rings. The van der Waals surface area contributed by atoms with Crippen molar-refractivity contribution in [3.8, 4) is 11.3 Å². The van der Waals surface area contributed by atoms with Gasteiger partial charge in [-0.05, 0) is 90.0 Å². The highest BCUT2D eigenvalue weighted by Crippen LogP contribution is 2.27. The number of benzene rings is 1. The minimum absolute atomic E-state index is 0.0516. The van der Waals surface area contributed by atoms with Crippen molar-refractivity contribution in [1.82, 2.24) is 25.4 Å². The lowest BCUT2D eigenvalue weighted by Crippen LogP contribution is -2.34. The average molecular weight is 696 g/mol. The molecule has 0 bridgehead atoms. The van der Waals surface area contributed by atoms with Crippen molar-refractivity contribution in [3.63, 3.8) is 0 Å². The normalized spacial score (nSPS) is 10.8. The predicted octanol–water partition coefficient (Wildman–Crippen LogP) is 8.19. The Kier molecular flexibility index (Phi) is 20.6. The van der Waals surface area contributed by atoms with E-state index in [4.69, 9.17) is 28.6 Å². The SMILES string of the molecule is CCCN(CCNC)CCC(=O)Nc1cc(Nc2cc(-c3cc(Cl)ccc3F)n[nH]c2=S)ccn1.CCCOC(C)(C)C.CSC. The van der Waals surface area contributed by atoms with Crippen LogP contribution in [0.25, 0.3) is 11.3 Å². The number of aromatic nitrogens is 3. The molecule has 0 spiro atoms. The van der Waals surface area contributed by atoms with Gasteiger partial charge in [0, 0.05) is 61.2 Å². The van der Waals surface area contributed by atoms with Crippen molar-refractivity contribution in [3.05, 3.63) is 58.1 Å². The second-order valence-corrected chi connectivity index (χ2v) is 12.9. The molecule has 0 atom stereocenters. The Morgan fingerprint density at radius 1 is 1.11 bits per heavy atom. The Morgan fingerprint density at radius 2 is 1.83 bits per heavy atom. The molecule has 46 heavy (non-hydrogen) atoms. The van der Waals surface area contributed by atoms with Gasteiger partial charge in [0.15, 0.2) is 0 Å². The van der Waals surface area contributed by atoms with Crippen molar-refractivity contribution in [2.45, 2.75) is 59.5 Å². The fourth-order valence-electron chi connectivity index (χ4n) is 3.86. The summed E-state index contributed by atoms with van der Waals surface area (Å²) in [6.07, 6.45) is 8.17. The number of hydrogen-bond donors (Lipinski definition) is 4. The summed E-state index contributed by atoms with van der Waals surface area (Å²) in [5, 5.41) is 16.4. The number of anilines is 3. The maximum absolute atomic E-state index is 14.3. The number of carbonyl (C=O) groups excluding carboxylic acids is 1. The second-order valence-electron chi connectivity index (χ2n) is 11.3. The molecular formula is C33H51ClFN7O2S2. The van der Waals surface area contributed by atoms with Crippen LogP contribution in [-0.2, 0) is 9.53 Å². The van der Waals surface area contributed by atoms with Crippen molar-refractivity contribution in [2.75, 3.05) is 63.0 Å². The van der Waals surface area contributed by atoms with Gasteiger partial charge in [0.05, 0.1) is 17.0 Å². The molecular weight excluding hydrogens is 645 g/mol. The number of nitrogens with one attached hydrogen (secondary N) is 4. The monoisotopic (exact) mass is 695 g/mol. The summed E-state index contributed by atoms with van der Waals surface area (Å²) in [6.45, 7) is 14.7. The molecule has 1 amide bonds. The minimum Gasteiger partial charge on any atom is -0.376 e. The molecule has 13 heteroatoms. The largest absolute Gasteiger partial charge is 0.376 e. The topological polar surface area (TPSA) is 107 Å². The number of likely N-dealkylation sites (N-methyl/N-ethyl adjacent to an activating group) is 1. The van der Waals surface area contributed by atoms with Gasteiger partial charge >= 0.3 is 0 Å². The van der Waals surface area contributed by atoms with Crippen LogP contribution >= 0.6 is 35.6 Å². The van der Waals surface area contributed by atoms with Crippen LogP contribution < -0.4 is 16.0 Å². The van der Waals surface area contributed by atoms with Gasteiger partial charge in [-0.2, -0.15) is 16.9 Å². The lowest BCUT2D eigenvalue weighted by molar-refractivity contribution is -0.116. The molecule has 0 radical (unpaired) electrons. The van der Waals surface area contributed by atoms with E-state index in [0.29, 0.717) is 45.5 Å². The third-order valence-corrected chi connectivity index (χ3v) is 6.47. The van der Waals surface area contributed by atoms with Gasteiger partial charge in [0.25, 0.3) is 0 Å². The van der Waals surface area contributed by atoms with Crippen LogP contribution in [-0.4, -0.2) is 83.9 Å². The molecule has 2 aromatic heterocycles. The van der Waals surface area contributed by atoms with E-state index in [1.807, 2.05) is 19.6 Å². The molecule has 4 N–H and O–H groups in total. The van der Waals surface area contributed by atoms with Crippen LogP contribution in [0.2, 0.25) is 5.02 Å². The van der Waals surface area contributed by atoms with Crippen molar-refractivity contribution in [2.24, 2.45) is 0 Å². The molecule has 0 aliphatic rings. The van der Waals surface area contributed by atoms with Crippen LogP contribution in [0.5, 0.6) is 0 Å². The van der Waals surface area contributed by atoms with E-state index >= 15 is 0 Å². The molecule has 1 aromatic carbocycles. The molecule has 0 fully saturated rings. The van der Waals surface area contributed by atoms with Crippen molar-refractivity contribution in [1.29, 1.82) is 0 Å². The maximum Gasteiger partial charge on any atom is 0.226 e. The predicted molar refractivity (Wildman–Crippen MR) is 197 cm³/mol. The van der Waals surface area contributed by atoms with Crippen LogP contribution in [0.4, 0.5) is 21.6 Å². The second kappa shape index (κ2) is 22.8. The standard InChI is InChI=1S/C24H29ClFN7OS.C7H16O.C2H6S/c1-3-10-33(12-9-27-2)11-7-23(34)30-22-14-17(6-8-28-22)29-21-15-20(31-32-24(21)35)18-13-16(25)4-5-19(18)26;1-5-6-8-7(2,3)4;1-3-2/h4-6,8,13-15,27H,3,7,9-12H2,1-2H3,(H,32,35)(H2,28,29,30,31,34);5-6H2,1-4H3;1-2H3. The highest BCUT2D eigenvalue weighted by atomic mass is 35.5. The number of hydrogen-bond acceptors (Lipinski definition) is 9. The van der Waals surface area contributed by atoms with E-state index in [9.17, 15) is 9.18 Å². The van der Waals surface area contributed by atoms with Gasteiger partial charge in [-0.1, -0.05) is 37.7 Å². The average Bonchev–Trinajstić information content (AvgIpc) is 3.00. The lowest BCUT2D eigenvalue weighted by atomic mass is 10.1. The van der Waals surface area contributed by atoms with Crippen molar-refractivity contribution < 1.29 is 13.9 Å². The highest BCUT2D eigenvalue weighted by Gasteiger charge is 2.12. The Hall–Kier alpha value is -2.61. The number of carbonyl (C=O) groups is 1. The van der Waals surface area contributed by atoms with Crippen LogP contribution in [0, 0.1) is 10.5 Å². The summed E-state index contributed by atoms with van der Waals surface area (Å²) < 4.78 is 20.0. The first-order valence-electron chi connectivity index (χ1n) is 15.4. The number of nitrogens with zero attached hydrogens (tertiary/aromatic N) is 3. The Labute approximate surface area is 288 Å². The first kappa shape index (κ1) is 41.4. The smallest absolute Gasteiger partial charge is 0.226 e. The summed E-state index contributed by atoms with van der Waals surface area (Å²) in [5.74, 6) is -0.141. The molecule has 9 nitrogen and oxygen atoms in total.